The quantitative estimate of drug-likeness (QED) is 0.825. The second-order valence-electron chi connectivity index (χ2n) is 5.44. The molecule has 0 bridgehead atoms. The zero-order valence-corrected chi connectivity index (χ0v) is 15.8. The van der Waals surface area contributed by atoms with Crippen molar-refractivity contribution in [2.75, 3.05) is 40.3 Å². The first-order valence-electron chi connectivity index (χ1n) is 8.34. The number of aryl methyl sites for hydroxylation is 1. The van der Waals surface area contributed by atoms with Crippen molar-refractivity contribution >= 4 is 10.0 Å². The predicted octanol–water partition coefficient (Wildman–Crippen LogP) is 2.61. The lowest BCUT2D eigenvalue weighted by Gasteiger charge is -2.31. The van der Waals surface area contributed by atoms with Gasteiger partial charge in [0.05, 0.1) is 7.11 Å². The summed E-state index contributed by atoms with van der Waals surface area (Å²) in [5.41, 5.74) is 1.10. The first-order chi connectivity index (χ1) is 11.0. The van der Waals surface area contributed by atoms with Crippen LogP contribution < -0.4 is 4.74 Å². The Kier molecular flexibility index (Phi) is 8.02. The molecule has 0 aromatic heterocycles. The van der Waals surface area contributed by atoms with Crippen LogP contribution in [0.2, 0.25) is 0 Å². The lowest BCUT2D eigenvalue weighted by Crippen LogP contribution is -2.47. The lowest BCUT2D eigenvalue weighted by molar-refractivity contribution is 0.222. The molecule has 1 aliphatic rings. The summed E-state index contributed by atoms with van der Waals surface area (Å²) in [4.78, 5) is 2.41. The largest absolute Gasteiger partial charge is 0.495 e. The summed E-state index contributed by atoms with van der Waals surface area (Å²) in [6.45, 7) is 8.67. The molecule has 1 heterocycles. The fourth-order valence-corrected chi connectivity index (χ4v) is 4.10. The van der Waals surface area contributed by atoms with Crippen LogP contribution in [0.25, 0.3) is 0 Å². The van der Waals surface area contributed by atoms with Crippen LogP contribution >= 0.6 is 0 Å². The molecule has 0 spiro atoms. The van der Waals surface area contributed by atoms with Gasteiger partial charge >= 0.3 is 0 Å². The van der Waals surface area contributed by atoms with Crippen LogP contribution in [0.4, 0.5) is 0 Å². The molecule has 5 nitrogen and oxygen atoms in total. The molecule has 132 valence electrons. The molecule has 1 aromatic carbocycles. The fourth-order valence-electron chi connectivity index (χ4n) is 2.54. The van der Waals surface area contributed by atoms with Gasteiger partial charge in [0, 0.05) is 26.2 Å². The molecule has 0 saturated carbocycles. The zero-order valence-electron chi connectivity index (χ0n) is 15.0. The maximum atomic E-state index is 12.8. The summed E-state index contributed by atoms with van der Waals surface area (Å²) in [6, 6.07) is 5.40. The summed E-state index contributed by atoms with van der Waals surface area (Å²) in [5.74, 6) is 0.444. The smallest absolute Gasteiger partial charge is 0.246 e. The Morgan fingerprint density at radius 1 is 1.13 bits per heavy atom. The van der Waals surface area contributed by atoms with E-state index in [-0.39, 0.29) is 4.90 Å². The molecule has 6 heteroatoms. The van der Waals surface area contributed by atoms with Gasteiger partial charge in [-0.25, -0.2) is 8.42 Å². The predicted molar refractivity (Wildman–Crippen MR) is 94.6 cm³/mol. The minimum absolute atomic E-state index is 0.273. The molecule has 0 aliphatic carbocycles. The first kappa shape index (κ1) is 19.9. The van der Waals surface area contributed by atoms with Crippen LogP contribution in [0.5, 0.6) is 5.75 Å². The molecule has 0 unspecified atom stereocenters. The Morgan fingerprint density at radius 3 is 2.26 bits per heavy atom. The Labute approximate surface area is 141 Å². The number of likely N-dealkylation sites (N-methyl/N-ethyl adjacent to an activating group) is 1. The number of piperazine rings is 1. The molecule has 1 aliphatic heterocycles. The van der Waals surface area contributed by atoms with E-state index in [0.717, 1.165) is 31.5 Å². The summed E-state index contributed by atoms with van der Waals surface area (Å²) < 4.78 is 32.4. The number of methoxy groups -OCH3 is 1. The number of hydrogen-bond acceptors (Lipinski definition) is 4. The van der Waals surface area contributed by atoms with Crippen LogP contribution in [0, 0.1) is 0 Å². The van der Waals surface area contributed by atoms with Crippen LogP contribution in [0.15, 0.2) is 23.1 Å². The topological polar surface area (TPSA) is 49.9 Å². The molecule has 1 aromatic rings. The Balaban J connectivity index is 0.00000127. The van der Waals surface area contributed by atoms with Crippen LogP contribution in [0.1, 0.15) is 32.8 Å². The van der Waals surface area contributed by atoms with Gasteiger partial charge in [-0.15, -0.1) is 0 Å². The van der Waals surface area contributed by atoms with Crippen LogP contribution in [-0.4, -0.2) is 58.0 Å². The van der Waals surface area contributed by atoms with Crippen molar-refractivity contribution in [3.8, 4) is 5.75 Å². The maximum Gasteiger partial charge on any atom is 0.246 e. The van der Waals surface area contributed by atoms with E-state index in [1.54, 1.807) is 10.4 Å². The molecule has 0 atom stereocenters. The molecule has 0 amide bonds. The van der Waals surface area contributed by atoms with E-state index >= 15 is 0 Å². The van der Waals surface area contributed by atoms with E-state index in [9.17, 15) is 8.42 Å². The molecular weight excluding hydrogens is 312 g/mol. The Morgan fingerprint density at radius 2 is 1.74 bits per heavy atom. The van der Waals surface area contributed by atoms with Gasteiger partial charge in [-0.2, -0.15) is 4.31 Å². The highest BCUT2D eigenvalue weighted by Crippen LogP contribution is 2.28. The van der Waals surface area contributed by atoms with Crippen molar-refractivity contribution < 1.29 is 13.2 Å². The van der Waals surface area contributed by atoms with Gasteiger partial charge in [-0.1, -0.05) is 33.3 Å². The number of ether oxygens (including phenoxy) is 1. The highest BCUT2D eigenvalue weighted by molar-refractivity contribution is 7.89. The molecule has 1 fully saturated rings. The number of hydrogen-bond donors (Lipinski definition) is 0. The number of rotatable bonds is 5. The van der Waals surface area contributed by atoms with E-state index in [0.29, 0.717) is 18.8 Å². The highest BCUT2D eigenvalue weighted by Gasteiger charge is 2.29. The van der Waals surface area contributed by atoms with Crippen molar-refractivity contribution in [2.45, 2.75) is 38.5 Å². The highest BCUT2D eigenvalue weighted by atomic mass is 32.2. The minimum atomic E-state index is -3.48. The normalized spacial score (nSPS) is 16.6. The minimum Gasteiger partial charge on any atom is -0.495 e. The number of sulfonamides is 1. The molecular formula is C17H30N2O3S. The molecule has 23 heavy (non-hydrogen) atoms. The van der Waals surface area contributed by atoms with E-state index in [1.807, 2.05) is 33.0 Å². The van der Waals surface area contributed by atoms with E-state index in [4.69, 9.17) is 4.74 Å². The first-order valence-corrected chi connectivity index (χ1v) is 9.78. The average molecular weight is 343 g/mol. The van der Waals surface area contributed by atoms with Gasteiger partial charge in [0.25, 0.3) is 0 Å². The van der Waals surface area contributed by atoms with Gasteiger partial charge in [0.2, 0.25) is 10.0 Å². The van der Waals surface area contributed by atoms with Crippen LogP contribution in [0.3, 0.4) is 0 Å². The third kappa shape index (κ3) is 4.93. The monoisotopic (exact) mass is 342 g/mol. The van der Waals surface area contributed by atoms with Gasteiger partial charge in [-0.05, 0) is 31.2 Å². The van der Waals surface area contributed by atoms with Gasteiger partial charge in [0.1, 0.15) is 10.6 Å². The Bertz CT molecular complexity index is 580. The summed E-state index contributed by atoms with van der Waals surface area (Å²) in [7, 11) is 0.0477. The fraction of sp³-hybridized carbons (Fsp3) is 0.647. The van der Waals surface area contributed by atoms with Crippen molar-refractivity contribution in [1.29, 1.82) is 0 Å². The number of nitrogens with zero attached hydrogens (tertiary/aromatic N) is 2. The van der Waals surface area contributed by atoms with E-state index in [1.165, 1.54) is 7.11 Å². The summed E-state index contributed by atoms with van der Waals surface area (Å²) >= 11 is 0. The zero-order chi connectivity index (χ0) is 17.5. The van der Waals surface area contributed by atoms with Gasteiger partial charge in [0.15, 0.2) is 0 Å². The van der Waals surface area contributed by atoms with Gasteiger partial charge < -0.3 is 9.64 Å². The van der Waals surface area contributed by atoms with Crippen molar-refractivity contribution in [3.05, 3.63) is 23.8 Å². The summed E-state index contributed by atoms with van der Waals surface area (Å²) in [5, 5.41) is 0. The van der Waals surface area contributed by atoms with Crippen LogP contribution in [-0.2, 0) is 16.4 Å². The van der Waals surface area contributed by atoms with E-state index < -0.39 is 10.0 Å². The molecule has 1 saturated heterocycles. The van der Waals surface area contributed by atoms with E-state index in [2.05, 4.69) is 11.8 Å². The maximum absolute atomic E-state index is 12.8. The summed E-state index contributed by atoms with van der Waals surface area (Å²) in [6.07, 6.45) is 1.94. The SMILES string of the molecule is CC.CCCc1ccc(S(=O)(=O)N2CCN(C)CC2)c(OC)c1. The third-order valence-electron chi connectivity index (χ3n) is 3.85. The van der Waals surface area contributed by atoms with Crippen molar-refractivity contribution in [3.63, 3.8) is 0 Å². The van der Waals surface area contributed by atoms with Crippen molar-refractivity contribution in [2.24, 2.45) is 0 Å². The molecule has 0 N–H and O–H groups in total. The molecule has 0 radical (unpaired) electrons. The molecule has 2 rings (SSSR count). The van der Waals surface area contributed by atoms with Crippen molar-refractivity contribution in [1.82, 2.24) is 9.21 Å². The second-order valence-corrected chi connectivity index (χ2v) is 7.35. The average Bonchev–Trinajstić information content (AvgIpc) is 2.57. The number of benzene rings is 1. The standard InChI is InChI=1S/C15H24N2O3S.C2H6/c1-4-5-13-6-7-15(14(12-13)20-3)21(18,19)17-10-8-16(2)9-11-17;1-2/h6-7,12H,4-5,8-11H2,1-3H3;1-2H3. The van der Waals surface area contributed by atoms with Gasteiger partial charge in [-0.3, -0.25) is 0 Å². The third-order valence-corrected chi connectivity index (χ3v) is 5.78. The lowest BCUT2D eigenvalue weighted by atomic mass is 10.1. The second kappa shape index (κ2) is 9.25. The Hall–Kier alpha value is -1.11.